The highest BCUT2D eigenvalue weighted by molar-refractivity contribution is 9.10. The largest absolute Gasteiger partial charge is 0.399 e. The highest BCUT2D eigenvalue weighted by Gasteiger charge is 2.05. The molecule has 0 unspecified atom stereocenters. The Morgan fingerprint density at radius 2 is 1.92 bits per heavy atom. The number of hydrogen-bond acceptors (Lipinski definition) is 2. The molecular formula is C9H13BrN2. The second-order valence-corrected chi connectivity index (χ2v) is 3.92. The second-order valence-electron chi connectivity index (χ2n) is 3.06. The third kappa shape index (κ3) is 1.72. The van der Waals surface area contributed by atoms with Crippen LogP contribution in [0.4, 0.5) is 11.4 Å². The molecule has 0 aromatic heterocycles. The van der Waals surface area contributed by atoms with Crippen molar-refractivity contribution in [2.75, 3.05) is 24.7 Å². The van der Waals surface area contributed by atoms with Crippen LogP contribution in [0.15, 0.2) is 16.6 Å². The fraction of sp³-hybridized carbons (Fsp3) is 0.333. The summed E-state index contributed by atoms with van der Waals surface area (Å²) >= 11 is 3.48. The first-order valence-electron chi connectivity index (χ1n) is 3.75. The summed E-state index contributed by atoms with van der Waals surface area (Å²) < 4.78 is 1.05. The second kappa shape index (κ2) is 3.35. The number of benzene rings is 1. The predicted molar refractivity (Wildman–Crippen MR) is 57.6 cm³/mol. The molecule has 2 nitrogen and oxygen atoms in total. The van der Waals surface area contributed by atoms with E-state index in [0.717, 1.165) is 10.2 Å². The zero-order valence-electron chi connectivity index (χ0n) is 7.56. The number of nitrogen functional groups attached to an aromatic ring is 1. The number of nitrogens with two attached hydrogens (primary N) is 1. The van der Waals surface area contributed by atoms with Crippen LogP contribution in [0, 0.1) is 6.92 Å². The molecule has 3 heteroatoms. The molecule has 0 radical (unpaired) electrons. The summed E-state index contributed by atoms with van der Waals surface area (Å²) in [5, 5.41) is 0. The zero-order valence-corrected chi connectivity index (χ0v) is 9.14. The lowest BCUT2D eigenvalue weighted by atomic mass is 10.1. The Hall–Kier alpha value is -0.700. The lowest BCUT2D eigenvalue weighted by molar-refractivity contribution is 1.11. The van der Waals surface area contributed by atoms with E-state index in [4.69, 9.17) is 5.73 Å². The van der Waals surface area contributed by atoms with Crippen molar-refractivity contribution in [3.63, 3.8) is 0 Å². The van der Waals surface area contributed by atoms with Crippen LogP contribution < -0.4 is 10.6 Å². The van der Waals surface area contributed by atoms with E-state index in [-0.39, 0.29) is 0 Å². The summed E-state index contributed by atoms with van der Waals surface area (Å²) in [7, 11) is 4.03. The minimum atomic E-state index is 0.796. The van der Waals surface area contributed by atoms with Crippen molar-refractivity contribution in [2.24, 2.45) is 0 Å². The van der Waals surface area contributed by atoms with Crippen molar-refractivity contribution < 1.29 is 0 Å². The molecule has 0 saturated heterocycles. The Labute approximate surface area is 81.5 Å². The Balaban J connectivity index is 3.28. The van der Waals surface area contributed by atoms with E-state index < -0.39 is 0 Å². The van der Waals surface area contributed by atoms with Gasteiger partial charge in [-0.1, -0.05) is 0 Å². The van der Waals surface area contributed by atoms with Gasteiger partial charge in [0.1, 0.15) is 0 Å². The Morgan fingerprint density at radius 1 is 1.33 bits per heavy atom. The van der Waals surface area contributed by atoms with E-state index in [1.165, 1.54) is 11.3 Å². The summed E-state index contributed by atoms with van der Waals surface area (Å²) in [6.45, 7) is 2.05. The van der Waals surface area contributed by atoms with Crippen molar-refractivity contribution in [1.82, 2.24) is 0 Å². The van der Waals surface area contributed by atoms with Crippen molar-refractivity contribution in [1.29, 1.82) is 0 Å². The maximum Gasteiger partial charge on any atom is 0.0536 e. The summed E-state index contributed by atoms with van der Waals surface area (Å²) in [6.07, 6.45) is 0. The summed E-state index contributed by atoms with van der Waals surface area (Å²) in [5.74, 6) is 0. The van der Waals surface area contributed by atoms with Gasteiger partial charge in [-0.05, 0) is 40.5 Å². The molecule has 0 aliphatic rings. The van der Waals surface area contributed by atoms with Gasteiger partial charge in [0.15, 0.2) is 0 Å². The summed E-state index contributed by atoms with van der Waals surface area (Å²) in [4.78, 5) is 2.07. The molecule has 0 amide bonds. The summed E-state index contributed by atoms with van der Waals surface area (Å²) in [6, 6.07) is 3.89. The third-order valence-electron chi connectivity index (χ3n) is 1.72. The van der Waals surface area contributed by atoms with E-state index in [0.29, 0.717) is 0 Å². The maximum absolute atomic E-state index is 5.68. The lowest BCUT2D eigenvalue weighted by Crippen LogP contribution is -2.11. The van der Waals surface area contributed by atoms with Crippen molar-refractivity contribution in [2.45, 2.75) is 6.92 Å². The van der Waals surface area contributed by atoms with Crippen LogP contribution in [0.2, 0.25) is 0 Å². The maximum atomic E-state index is 5.68. The minimum absolute atomic E-state index is 0.796. The van der Waals surface area contributed by atoms with Gasteiger partial charge in [-0.2, -0.15) is 0 Å². The van der Waals surface area contributed by atoms with Crippen LogP contribution in [-0.2, 0) is 0 Å². The quantitative estimate of drug-likeness (QED) is 0.749. The van der Waals surface area contributed by atoms with Gasteiger partial charge in [-0.25, -0.2) is 0 Å². The van der Waals surface area contributed by atoms with E-state index in [1.807, 2.05) is 26.2 Å². The van der Waals surface area contributed by atoms with Gasteiger partial charge in [-0.3, -0.25) is 0 Å². The van der Waals surface area contributed by atoms with E-state index in [2.05, 4.69) is 27.8 Å². The van der Waals surface area contributed by atoms with Crippen LogP contribution in [0.1, 0.15) is 5.56 Å². The first-order valence-corrected chi connectivity index (χ1v) is 4.54. The van der Waals surface area contributed by atoms with Crippen molar-refractivity contribution in [3.05, 3.63) is 22.2 Å². The SMILES string of the molecule is Cc1cc(N)cc(Br)c1N(C)C. The number of halogens is 1. The standard InChI is InChI=1S/C9H13BrN2/c1-6-4-7(11)5-8(10)9(6)12(2)3/h4-5H,11H2,1-3H3. The van der Waals surface area contributed by atoms with Crippen LogP contribution in [0.3, 0.4) is 0 Å². The molecule has 0 saturated carbocycles. The fourth-order valence-electron chi connectivity index (χ4n) is 1.33. The molecule has 1 aromatic rings. The number of aryl methyl sites for hydroxylation is 1. The van der Waals surface area contributed by atoms with Gasteiger partial charge in [-0.15, -0.1) is 0 Å². The molecule has 1 rings (SSSR count). The number of hydrogen-bond donors (Lipinski definition) is 1. The molecule has 0 bridgehead atoms. The zero-order chi connectivity index (χ0) is 9.30. The monoisotopic (exact) mass is 228 g/mol. The van der Waals surface area contributed by atoms with Crippen LogP contribution in [0.5, 0.6) is 0 Å². The van der Waals surface area contributed by atoms with Gasteiger partial charge in [0.05, 0.1) is 5.69 Å². The average molecular weight is 229 g/mol. The first kappa shape index (κ1) is 9.39. The third-order valence-corrected chi connectivity index (χ3v) is 2.33. The highest BCUT2D eigenvalue weighted by atomic mass is 79.9. The molecule has 12 heavy (non-hydrogen) atoms. The van der Waals surface area contributed by atoms with Gasteiger partial charge < -0.3 is 10.6 Å². The fourth-order valence-corrected chi connectivity index (χ4v) is 2.26. The molecule has 0 heterocycles. The van der Waals surface area contributed by atoms with Crippen molar-refractivity contribution in [3.8, 4) is 0 Å². The lowest BCUT2D eigenvalue weighted by Gasteiger charge is -2.17. The molecular weight excluding hydrogens is 216 g/mol. The molecule has 0 aliphatic heterocycles. The predicted octanol–water partition coefficient (Wildman–Crippen LogP) is 2.41. The minimum Gasteiger partial charge on any atom is -0.399 e. The molecule has 0 spiro atoms. The van der Waals surface area contributed by atoms with E-state index >= 15 is 0 Å². The molecule has 66 valence electrons. The average Bonchev–Trinajstić information content (AvgIpc) is 1.82. The molecule has 0 aliphatic carbocycles. The number of rotatable bonds is 1. The molecule has 1 aromatic carbocycles. The molecule has 2 N–H and O–H groups in total. The molecule has 0 fully saturated rings. The van der Waals surface area contributed by atoms with E-state index in [1.54, 1.807) is 0 Å². The van der Waals surface area contributed by atoms with Crippen LogP contribution >= 0.6 is 15.9 Å². The smallest absolute Gasteiger partial charge is 0.0536 e. The Bertz CT molecular complexity index is 272. The normalized spacial score (nSPS) is 10.0. The van der Waals surface area contributed by atoms with E-state index in [9.17, 15) is 0 Å². The Morgan fingerprint density at radius 3 is 2.33 bits per heavy atom. The van der Waals surface area contributed by atoms with Gasteiger partial charge in [0.25, 0.3) is 0 Å². The Kier molecular flexibility index (Phi) is 2.62. The highest BCUT2D eigenvalue weighted by Crippen LogP contribution is 2.30. The first-order chi connectivity index (χ1) is 5.52. The van der Waals surface area contributed by atoms with Gasteiger partial charge >= 0.3 is 0 Å². The summed E-state index contributed by atoms with van der Waals surface area (Å²) in [5.41, 5.74) is 8.85. The number of nitrogens with zero attached hydrogens (tertiary/aromatic N) is 1. The van der Waals surface area contributed by atoms with Crippen molar-refractivity contribution >= 4 is 27.3 Å². The topological polar surface area (TPSA) is 29.3 Å². The number of anilines is 2. The molecule has 0 atom stereocenters. The van der Waals surface area contributed by atoms with Crippen LogP contribution in [-0.4, -0.2) is 14.1 Å². The van der Waals surface area contributed by atoms with Crippen LogP contribution in [0.25, 0.3) is 0 Å². The van der Waals surface area contributed by atoms with Gasteiger partial charge in [0, 0.05) is 24.3 Å². The van der Waals surface area contributed by atoms with Gasteiger partial charge in [0.2, 0.25) is 0 Å².